The van der Waals surface area contributed by atoms with Gasteiger partial charge in [-0.3, -0.25) is 9.71 Å². The number of aromatic nitrogens is 1. The van der Waals surface area contributed by atoms with Gasteiger partial charge in [-0.15, -0.1) is 0 Å². The van der Waals surface area contributed by atoms with Crippen molar-refractivity contribution in [2.75, 3.05) is 4.72 Å². The highest BCUT2D eigenvalue weighted by Gasteiger charge is 2.15. The molecule has 4 nitrogen and oxygen atoms in total. The number of nitrogens with zero attached hydrogens (tertiary/aromatic N) is 1. The molecule has 0 atom stereocenters. The van der Waals surface area contributed by atoms with Gasteiger partial charge in [0.25, 0.3) is 0 Å². The van der Waals surface area contributed by atoms with Crippen LogP contribution < -0.4 is 4.72 Å². The van der Waals surface area contributed by atoms with Gasteiger partial charge in [-0.05, 0) is 31.9 Å². The lowest BCUT2D eigenvalue weighted by Crippen LogP contribution is -2.22. The quantitative estimate of drug-likeness (QED) is 0.881. The molecule has 0 spiro atoms. The SMILES string of the molecule is CC(C)c1cc(NS(=O)(=O)C(C)C)ccn1. The molecule has 0 amide bonds. The topological polar surface area (TPSA) is 59.1 Å². The van der Waals surface area contributed by atoms with E-state index in [-0.39, 0.29) is 5.92 Å². The van der Waals surface area contributed by atoms with E-state index in [0.29, 0.717) is 5.69 Å². The van der Waals surface area contributed by atoms with Crippen molar-refractivity contribution >= 4 is 15.7 Å². The smallest absolute Gasteiger partial charge is 0.235 e. The zero-order chi connectivity index (χ0) is 12.3. The van der Waals surface area contributed by atoms with Gasteiger partial charge in [0, 0.05) is 11.9 Å². The monoisotopic (exact) mass is 242 g/mol. The Hall–Kier alpha value is -1.10. The molecule has 16 heavy (non-hydrogen) atoms. The minimum Gasteiger partial charge on any atom is -0.283 e. The second-order valence-electron chi connectivity index (χ2n) is 4.32. The molecule has 90 valence electrons. The molecule has 0 aliphatic carbocycles. The van der Waals surface area contributed by atoms with Gasteiger partial charge in [-0.1, -0.05) is 13.8 Å². The molecule has 0 aromatic carbocycles. The van der Waals surface area contributed by atoms with E-state index in [1.54, 1.807) is 32.2 Å². The maximum absolute atomic E-state index is 11.6. The third-order valence-electron chi connectivity index (χ3n) is 2.25. The number of sulfonamides is 1. The maximum atomic E-state index is 11.6. The van der Waals surface area contributed by atoms with Crippen molar-refractivity contribution < 1.29 is 8.42 Å². The molecule has 0 aliphatic rings. The third kappa shape index (κ3) is 3.20. The highest BCUT2D eigenvalue weighted by Crippen LogP contribution is 2.17. The third-order valence-corrected chi connectivity index (χ3v) is 4.01. The molecular formula is C11H18N2O2S. The summed E-state index contributed by atoms with van der Waals surface area (Å²) >= 11 is 0. The molecule has 0 saturated heterocycles. The molecule has 0 aliphatic heterocycles. The van der Waals surface area contributed by atoms with Gasteiger partial charge in [-0.25, -0.2) is 8.42 Å². The van der Waals surface area contributed by atoms with Crippen LogP contribution in [-0.2, 0) is 10.0 Å². The van der Waals surface area contributed by atoms with Gasteiger partial charge in [0.2, 0.25) is 10.0 Å². The summed E-state index contributed by atoms with van der Waals surface area (Å²) in [5.74, 6) is 0.281. The van der Waals surface area contributed by atoms with Gasteiger partial charge >= 0.3 is 0 Å². The van der Waals surface area contributed by atoms with Crippen molar-refractivity contribution in [2.24, 2.45) is 0 Å². The Morgan fingerprint density at radius 2 is 1.88 bits per heavy atom. The summed E-state index contributed by atoms with van der Waals surface area (Å²) in [6.45, 7) is 7.33. The molecule has 5 heteroatoms. The fourth-order valence-electron chi connectivity index (χ4n) is 1.11. The Morgan fingerprint density at radius 3 is 2.38 bits per heavy atom. The van der Waals surface area contributed by atoms with E-state index in [4.69, 9.17) is 0 Å². The van der Waals surface area contributed by atoms with Crippen LogP contribution in [0.4, 0.5) is 5.69 Å². The molecule has 1 heterocycles. The lowest BCUT2D eigenvalue weighted by atomic mass is 10.1. The fourth-order valence-corrected chi connectivity index (χ4v) is 1.80. The highest BCUT2D eigenvalue weighted by atomic mass is 32.2. The largest absolute Gasteiger partial charge is 0.283 e. The molecule has 1 rings (SSSR count). The molecule has 1 aromatic heterocycles. The van der Waals surface area contributed by atoms with E-state index in [1.807, 2.05) is 13.8 Å². The summed E-state index contributed by atoms with van der Waals surface area (Å²) in [6, 6.07) is 3.43. The average Bonchev–Trinajstić information content (AvgIpc) is 2.17. The van der Waals surface area contributed by atoms with Crippen molar-refractivity contribution in [1.29, 1.82) is 0 Å². The van der Waals surface area contributed by atoms with Crippen LogP contribution in [0, 0.1) is 0 Å². The molecule has 0 bridgehead atoms. The van der Waals surface area contributed by atoms with E-state index < -0.39 is 15.3 Å². The van der Waals surface area contributed by atoms with Crippen LogP contribution in [0.3, 0.4) is 0 Å². The molecule has 0 radical (unpaired) electrons. The van der Waals surface area contributed by atoms with Crippen LogP contribution >= 0.6 is 0 Å². The normalized spacial score (nSPS) is 12.1. The first-order chi connectivity index (χ1) is 7.33. The Morgan fingerprint density at radius 1 is 1.25 bits per heavy atom. The van der Waals surface area contributed by atoms with Crippen molar-refractivity contribution in [1.82, 2.24) is 4.98 Å². The first kappa shape index (κ1) is 13.0. The zero-order valence-electron chi connectivity index (χ0n) is 10.1. The molecule has 0 saturated carbocycles. The van der Waals surface area contributed by atoms with E-state index in [2.05, 4.69) is 9.71 Å². The van der Waals surface area contributed by atoms with Crippen molar-refractivity contribution in [3.8, 4) is 0 Å². The number of anilines is 1. The first-order valence-corrected chi connectivity index (χ1v) is 6.85. The number of hydrogen-bond acceptors (Lipinski definition) is 3. The Labute approximate surface area is 97.2 Å². The molecule has 0 fully saturated rings. The summed E-state index contributed by atoms with van der Waals surface area (Å²) in [5, 5.41) is -0.442. The van der Waals surface area contributed by atoms with Crippen molar-refractivity contribution in [2.45, 2.75) is 38.9 Å². The first-order valence-electron chi connectivity index (χ1n) is 5.30. The summed E-state index contributed by atoms with van der Waals surface area (Å²) in [4.78, 5) is 4.18. The number of pyridine rings is 1. The van der Waals surface area contributed by atoms with E-state index in [9.17, 15) is 8.42 Å². The summed E-state index contributed by atoms with van der Waals surface area (Å²) in [6.07, 6.45) is 1.62. The van der Waals surface area contributed by atoms with Crippen LogP contribution in [0.25, 0.3) is 0 Å². The van der Waals surface area contributed by atoms with E-state index in [0.717, 1.165) is 5.69 Å². The van der Waals surface area contributed by atoms with Crippen molar-refractivity contribution in [3.05, 3.63) is 24.0 Å². The van der Waals surface area contributed by atoms with Crippen LogP contribution in [0.15, 0.2) is 18.3 Å². The minimum atomic E-state index is -3.27. The van der Waals surface area contributed by atoms with Crippen molar-refractivity contribution in [3.63, 3.8) is 0 Å². The standard InChI is InChI=1S/C11H18N2O2S/c1-8(2)11-7-10(5-6-12-11)13-16(14,15)9(3)4/h5-9H,1-4H3,(H,12,13). The molecule has 1 aromatic rings. The molecular weight excluding hydrogens is 224 g/mol. The molecule has 1 N–H and O–H groups in total. The van der Waals surface area contributed by atoms with Crippen LogP contribution in [0.5, 0.6) is 0 Å². The van der Waals surface area contributed by atoms with Crippen LogP contribution in [-0.4, -0.2) is 18.7 Å². The number of hydrogen-bond donors (Lipinski definition) is 1. The maximum Gasteiger partial charge on any atom is 0.235 e. The second kappa shape index (κ2) is 4.82. The van der Waals surface area contributed by atoms with Gasteiger partial charge < -0.3 is 0 Å². The highest BCUT2D eigenvalue weighted by molar-refractivity contribution is 7.93. The average molecular weight is 242 g/mol. The fraction of sp³-hybridized carbons (Fsp3) is 0.545. The number of rotatable bonds is 4. The van der Waals surface area contributed by atoms with Crippen LogP contribution in [0.2, 0.25) is 0 Å². The Balaban J connectivity index is 2.95. The van der Waals surface area contributed by atoms with Gasteiger partial charge in [0.15, 0.2) is 0 Å². The minimum absolute atomic E-state index is 0.281. The van der Waals surface area contributed by atoms with E-state index >= 15 is 0 Å². The molecule has 0 unspecified atom stereocenters. The number of nitrogens with one attached hydrogen (secondary N) is 1. The predicted octanol–water partition coefficient (Wildman–Crippen LogP) is 2.36. The zero-order valence-corrected chi connectivity index (χ0v) is 10.9. The summed E-state index contributed by atoms with van der Waals surface area (Å²) < 4.78 is 25.8. The predicted molar refractivity (Wildman–Crippen MR) is 66.0 cm³/mol. The second-order valence-corrected chi connectivity index (χ2v) is 6.56. The van der Waals surface area contributed by atoms with Crippen LogP contribution in [0.1, 0.15) is 39.3 Å². The van der Waals surface area contributed by atoms with Gasteiger partial charge in [0.1, 0.15) is 0 Å². The summed E-state index contributed by atoms with van der Waals surface area (Å²) in [5.41, 5.74) is 1.45. The van der Waals surface area contributed by atoms with Gasteiger partial charge in [0.05, 0.1) is 10.9 Å². The lowest BCUT2D eigenvalue weighted by molar-refractivity contribution is 0.592. The Bertz CT molecular complexity index is 453. The summed E-state index contributed by atoms with van der Waals surface area (Å²) in [7, 11) is -3.27. The van der Waals surface area contributed by atoms with Gasteiger partial charge in [-0.2, -0.15) is 0 Å². The lowest BCUT2D eigenvalue weighted by Gasteiger charge is -2.12. The van der Waals surface area contributed by atoms with E-state index in [1.165, 1.54) is 0 Å². The Kier molecular flexibility index (Phi) is 3.91.